The predicted molar refractivity (Wildman–Crippen MR) is 137 cm³/mol. The van der Waals surface area contributed by atoms with Crippen LogP contribution in [0, 0.1) is 6.92 Å². The molecule has 0 saturated carbocycles. The number of nitrogens with one attached hydrogen (secondary N) is 1. The Hall–Kier alpha value is -3.08. The van der Waals surface area contributed by atoms with Crippen LogP contribution in [-0.4, -0.2) is 50.5 Å². The number of hydrogen-bond acceptors (Lipinski definition) is 4. The van der Waals surface area contributed by atoms with Crippen molar-refractivity contribution in [2.45, 2.75) is 58.8 Å². The van der Waals surface area contributed by atoms with E-state index < -0.39 is 40.3 Å². The third-order valence-electron chi connectivity index (χ3n) is 5.83. The van der Waals surface area contributed by atoms with Crippen LogP contribution < -0.4 is 9.62 Å². The van der Waals surface area contributed by atoms with E-state index in [1.165, 1.54) is 11.0 Å². The average molecular weight is 542 g/mol. The molecule has 0 unspecified atom stereocenters. The van der Waals surface area contributed by atoms with Gasteiger partial charge in [0.2, 0.25) is 21.8 Å². The van der Waals surface area contributed by atoms with Crippen molar-refractivity contribution in [3.8, 4) is 0 Å². The van der Waals surface area contributed by atoms with Crippen molar-refractivity contribution in [1.29, 1.82) is 0 Å². The van der Waals surface area contributed by atoms with Crippen molar-refractivity contribution < 1.29 is 31.2 Å². The number of sulfonamides is 1. The Morgan fingerprint density at radius 1 is 1.05 bits per heavy atom. The summed E-state index contributed by atoms with van der Waals surface area (Å²) in [4.78, 5) is 27.9. The van der Waals surface area contributed by atoms with Crippen molar-refractivity contribution in [2.75, 3.05) is 23.7 Å². The van der Waals surface area contributed by atoms with Gasteiger partial charge < -0.3 is 10.2 Å². The van der Waals surface area contributed by atoms with Crippen molar-refractivity contribution >= 4 is 27.5 Å². The van der Waals surface area contributed by atoms with E-state index >= 15 is 0 Å². The van der Waals surface area contributed by atoms with Crippen LogP contribution in [-0.2, 0) is 32.3 Å². The summed E-state index contributed by atoms with van der Waals surface area (Å²) in [6.45, 7) is 5.31. The van der Waals surface area contributed by atoms with Crippen LogP contribution in [0.15, 0.2) is 48.5 Å². The Morgan fingerprint density at radius 2 is 1.70 bits per heavy atom. The lowest BCUT2D eigenvalue weighted by atomic mass is 10.1. The van der Waals surface area contributed by atoms with Gasteiger partial charge in [-0.3, -0.25) is 13.9 Å². The molecule has 2 aromatic rings. The highest BCUT2D eigenvalue weighted by molar-refractivity contribution is 7.92. The molecule has 0 aliphatic carbocycles. The SMILES string of the molecule is CCCCNC(=O)[C@@H](CC)N(Cc1ccc(C)cc1)C(=O)CN(c1cccc(C(F)(F)F)c1)S(C)(=O)=O. The molecule has 204 valence electrons. The van der Waals surface area contributed by atoms with E-state index in [4.69, 9.17) is 0 Å². The first-order valence-electron chi connectivity index (χ1n) is 12.1. The fourth-order valence-electron chi connectivity index (χ4n) is 3.77. The summed E-state index contributed by atoms with van der Waals surface area (Å²) in [6, 6.07) is 10.2. The second-order valence-corrected chi connectivity index (χ2v) is 10.8. The first-order valence-corrected chi connectivity index (χ1v) is 13.9. The van der Waals surface area contributed by atoms with Gasteiger partial charge in [0.15, 0.2) is 0 Å². The largest absolute Gasteiger partial charge is 0.416 e. The number of alkyl halides is 3. The number of nitrogens with zero attached hydrogens (tertiary/aromatic N) is 2. The zero-order valence-electron chi connectivity index (χ0n) is 21.5. The molecule has 0 bridgehead atoms. The number of anilines is 1. The Labute approximate surface area is 216 Å². The van der Waals surface area contributed by atoms with Crippen LogP contribution in [0.1, 0.15) is 49.8 Å². The molecule has 1 atom stereocenters. The minimum absolute atomic E-state index is 0.0268. The molecule has 2 rings (SSSR count). The van der Waals surface area contributed by atoms with Crippen molar-refractivity contribution in [1.82, 2.24) is 10.2 Å². The van der Waals surface area contributed by atoms with Crippen molar-refractivity contribution in [2.24, 2.45) is 0 Å². The lowest BCUT2D eigenvalue weighted by Gasteiger charge is -2.33. The van der Waals surface area contributed by atoms with E-state index in [-0.39, 0.29) is 24.6 Å². The molecule has 1 N–H and O–H groups in total. The number of unbranched alkanes of at least 4 members (excludes halogenated alkanes) is 1. The molecule has 0 aliphatic rings. The van der Waals surface area contributed by atoms with Crippen LogP contribution in [0.2, 0.25) is 0 Å². The Morgan fingerprint density at radius 3 is 2.24 bits per heavy atom. The summed E-state index contributed by atoms with van der Waals surface area (Å²) in [5.74, 6) is -1.08. The topological polar surface area (TPSA) is 86.8 Å². The molecular weight excluding hydrogens is 507 g/mol. The van der Waals surface area contributed by atoms with Gasteiger partial charge in [0.1, 0.15) is 12.6 Å². The molecule has 37 heavy (non-hydrogen) atoms. The molecule has 0 saturated heterocycles. The van der Waals surface area contributed by atoms with Gasteiger partial charge in [0, 0.05) is 13.1 Å². The molecule has 2 amide bonds. The molecule has 7 nitrogen and oxygen atoms in total. The van der Waals surface area contributed by atoms with Gasteiger partial charge >= 0.3 is 6.18 Å². The Bertz CT molecular complexity index is 1170. The van der Waals surface area contributed by atoms with E-state index in [2.05, 4.69) is 5.32 Å². The van der Waals surface area contributed by atoms with Crippen molar-refractivity contribution in [3.63, 3.8) is 0 Å². The van der Waals surface area contributed by atoms with Gasteiger partial charge in [-0.1, -0.05) is 56.2 Å². The number of benzene rings is 2. The third-order valence-corrected chi connectivity index (χ3v) is 6.97. The monoisotopic (exact) mass is 541 g/mol. The quantitative estimate of drug-likeness (QED) is 0.401. The summed E-state index contributed by atoms with van der Waals surface area (Å²) in [5, 5.41) is 2.81. The number of carbonyl (C=O) groups excluding carboxylic acids is 2. The van der Waals surface area contributed by atoms with Gasteiger partial charge in [-0.15, -0.1) is 0 Å². The summed E-state index contributed by atoms with van der Waals surface area (Å²) < 4.78 is 65.6. The van der Waals surface area contributed by atoms with Crippen LogP contribution in [0.25, 0.3) is 0 Å². The van der Waals surface area contributed by atoms with Gasteiger partial charge in [-0.05, 0) is 43.5 Å². The van der Waals surface area contributed by atoms with Gasteiger partial charge in [-0.25, -0.2) is 8.42 Å². The fourth-order valence-corrected chi connectivity index (χ4v) is 4.61. The molecule has 0 aromatic heterocycles. The average Bonchev–Trinajstić information content (AvgIpc) is 2.82. The van der Waals surface area contributed by atoms with Crippen LogP contribution in [0.3, 0.4) is 0 Å². The normalized spacial score (nSPS) is 12.6. The molecule has 2 aromatic carbocycles. The zero-order chi connectivity index (χ0) is 27.8. The van der Waals surface area contributed by atoms with E-state index in [1.807, 2.05) is 26.0 Å². The van der Waals surface area contributed by atoms with E-state index in [1.54, 1.807) is 19.1 Å². The maximum Gasteiger partial charge on any atom is 0.416 e. The molecule has 0 radical (unpaired) electrons. The highest BCUT2D eigenvalue weighted by atomic mass is 32.2. The molecule has 11 heteroatoms. The van der Waals surface area contributed by atoms with E-state index in [0.717, 1.165) is 42.4 Å². The summed E-state index contributed by atoms with van der Waals surface area (Å²) >= 11 is 0. The minimum Gasteiger partial charge on any atom is -0.354 e. The standard InChI is InChI=1S/C26H34F3N3O4S/c1-5-7-15-30-25(34)23(6-2)31(17-20-13-11-19(3)12-14-20)24(33)18-32(37(4,35)36)22-10-8-9-21(16-22)26(27,28)29/h8-14,16,23H,5-7,15,17-18H2,1-4H3,(H,30,34)/t23-/m1/s1. The number of carbonyl (C=O) groups is 2. The number of hydrogen-bond donors (Lipinski definition) is 1. The van der Waals surface area contributed by atoms with E-state index in [0.29, 0.717) is 16.9 Å². The number of aryl methyl sites for hydroxylation is 1. The second-order valence-electron chi connectivity index (χ2n) is 8.89. The summed E-state index contributed by atoms with van der Waals surface area (Å²) in [5.41, 5.74) is 0.397. The summed E-state index contributed by atoms with van der Waals surface area (Å²) in [6.07, 6.45) is -1.99. The lowest BCUT2D eigenvalue weighted by molar-refractivity contribution is -0.140. The zero-order valence-corrected chi connectivity index (χ0v) is 22.3. The molecule has 0 aliphatic heterocycles. The Kier molecular flexibility index (Phi) is 10.5. The highest BCUT2D eigenvalue weighted by Gasteiger charge is 2.34. The molecule has 0 spiro atoms. The first kappa shape index (κ1) is 30.1. The van der Waals surface area contributed by atoms with Crippen molar-refractivity contribution in [3.05, 3.63) is 65.2 Å². The first-order chi connectivity index (χ1) is 17.3. The number of amides is 2. The molecular formula is C26H34F3N3O4S. The maximum atomic E-state index is 13.6. The fraction of sp³-hybridized carbons (Fsp3) is 0.462. The minimum atomic E-state index is -4.69. The van der Waals surface area contributed by atoms with Crippen LogP contribution in [0.4, 0.5) is 18.9 Å². The van der Waals surface area contributed by atoms with Crippen LogP contribution >= 0.6 is 0 Å². The van der Waals surface area contributed by atoms with E-state index in [9.17, 15) is 31.2 Å². The smallest absolute Gasteiger partial charge is 0.354 e. The number of halogens is 3. The highest BCUT2D eigenvalue weighted by Crippen LogP contribution is 2.32. The Balaban J connectivity index is 2.45. The summed E-state index contributed by atoms with van der Waals surface area (Å²) in [7, 11) is -4.14. The van der Waals surface area contributed by atoms with Crippen LogP contribution in [0.5, 0.6) is 0 Å². The predicted octanol–water partition coefficient (Wildman–Crippen LogP) is 4.50. The maximum absolute atomic E-state index is 13.6. The van der Waals surface area contributed by atoms with Gasteiger partial charge in [-0.2, -0.15) is 13.2 Å². The lowest BCUT2D eigenvalue weighted by Crippen LogP contribution is -2.52. The third kappa shape index (κ3) is 8.77. The molecule has 0 fully saturated rings. The molecule has 0 heterocycles. The number of rotatable bonds is 12. The second kappa shape index (κ2) is 12.9. The van der Waals surface area contributed by atoms with Gasteiger partial charge in [0.25, 0.3) is 0 Å². The van der Waals surface area contributed by atoms with Gasteiger partial charge in [0.05, 0.1) is 17.5 Å².